The van der Waals surface area contributed by atoms with Gasteiger partial charge in [-0.1, -0.05) is 5.16 Å². The molecular weight excluding hydrogens is 216 g/mol. The van der Waals surface area contributed by atoms with Crippen LogP contribution in [-0.4, -0.2) is 57.6 Å². The van der Waals surface area contributed by atoms with Gasteiger partial charge in [-0.2, -0.15) is 0 Å². The molecule has 0 fully saturated rings. The fourth-order valence-electron chi connectivity index (χ4n) is 1.26. The molecule has 1 aromatic rings. The fourth-order valence-corrected chi connectivity index (χ4v) is 1.26. The van der Waals surface area contributed by atoms with Crippen LogP contribution in [0, 0.1) is 0 Å². The summed E-state index contributed by atoms with van der Waals surface area (Å²) in [4.78, 5) is 12.3. The Hall–Kier alpha value is -1.44. The summed E-state index contributed by atoms with van der Waals surface area (Å²) >= 11 is 0. The molecule has 0 unspecified atom stereocenters. The fraction of sp³-hybridized carbons (Fsp3) is 0.556. The zero-order valence-electron chi connectivity index (χ0n) is 8.67. The van der Waals surface area contributed by atoms with Crippen molar-refractivity contribution in [2.24, 2.45) is 0 Å². The Balaban J connectivity index is 2.58. The molecular formula is C9H14N2O5. The molecule has 0 saturated carbocycles. The predicted octanol–water partition coefficient (Wildman–Crippen LogP) is -0.841. The van der Waals surface area contributed by atoms with Crippen molar-refractivity contribution in [3.8, 4) is 0 Å². The maximum atomic E-state index is 10.5. The molecule has 1 heterocycles. The first-order valence-corrected chi connectivity index (χ1v) is 4.80. The lowest BCUT2D eigenvalue weighted by molar-refractivity contribution is 0.0685. The second-order valence-corrected chi connectivity index (χ2v) is 3.21. The highest BCUT2D eigenvalue weighted by molar-refractivity contribution is 5.85. The van der Waals surface area contributed by atoms with Gasteiger partial charge in [0.25, 0.3) is 0 Å². The highest BCUT2D eigenvalue weighted by Gasteiger charge is 2.13. The highest BCUT2D eigenvalue weighted by Crippen LogP contribution is 2.07. The number of carbonyl (C=O) groups is 1. The van der Waals surface area contributed by atoms with Crippen molar-refractivity contribution >= 4 is 5.97 Å². The lowest BCUT2D eigenvalue weighted by atomic mass is 10.3. The second-order valence-electron chi connectivity index (χ2n) is 3.21. The molecule has 0 spiro atoms. The maximum Gasteiger partial charge on any atom is 0.358 e. The van der Waals surface area contributed by atoms with Crippen LogP contribution in [0.4, 0.5) is 0 Å². The minimum atomic E-state index is -1.15. The van der Waals surface area contributed by atoms with E-state index in [9.17, 15) is 4.79 Å². The lowest BCUT2D eigenvalue weighted by Gasteiger charge is -2.17. The molecule has 0 radical (unpaired) electrons. The first-order valence-electron chi connectivity index (χ1n) is 4.80. The molecule has 16 heavy (non-hydrogen) atoms. The normalized spacial score (nSPS) is 10.9. The molecule has 3 N–H and O–H groups in total. The van der Waals surface area contributed by atoms with Gasteiger partial charge in [-0.05, 0) is 0 Å². The SMILES string of the molecule is O=C(O)c1cc(CN(CCO)CCO)on1. The van der Waals surface area contributed by atoms with Crippen molar-refractivity contribution in [2.45, 2.75) is 6.54 Å². The van der Waals surface area contributed by atoms with E-state index >= 15 is 0 Å². The molecule has 7 nitrogen and oxygen atoms in total. The molecule has 0 aliphatic rings. The van der Waals surface area contributed by atoms with Gasteiger partial charge in [0, 0.05) is 19.2 Å². The molecule has 0 amide bonds. The molecule has 0 atom stereocenters. The lowest BCUT2D eigenvalue weighted by Crippen LogP contribution is -2.29. The number of aromatic nitrogens is 1. The average Bonchev–Trinajstić information content (AvgIpc) is 2.67. The van der Waals surface area contributed by atoms with E-state index in [2.05, 4.69) is 5.16 Å². The number of rotatable bonds is 7. The van der Waals surface area contributed by atoms with Crippen LogP contribution in [0.5, 0.6) is 0 Å². The van der Waals surface area contributed by atoms with E-state index in [0.29, 0.717) is 25.4 Å². The van der Waals surface area contributed by atoms with Gasteiger partial charge in [0.15, 0.2) is 11.5 Å². The third-order valence-corrected chi connectivity index (χ3v) is 1.99. The predicted molar refractivity (Wildman–Crippen MR) is 52.9 cm³/mol. The Morgan fingerprint density at radius 1 is 1.38 bits per heavy atom. The van der Waals surface area contributed by atoms with E-state index in [1.54, 1.807) is 4.90 Å². The van der Waals surface area contributed by atoms with Crippen LogP contribution in [0.25, 0.3) is 0 Å². The van der Waals surface area contributed by atoms with Crippen molar-refractivity contribution < 1.29 is 24.6 Å². The van der Waals surface area contributed by atoms with Crippen LogP contribution in [0.2, 0.25) is 0 Å². The quantitative estimate of drug-likeness (QED) is 0.560. The van der Waals surface area contributed by atoms with Gasteiger partial charge >= 0.3 is 5.97 Å². The Morgan fingerprint density at radius 3 is 2.44 bits per heavy atom. The zero-order chi connectivity index (χ0) is 12.0. The van der Waals surface area contributed by atoms with Crippen molar-refractivity contribution in [1.29, 1.82) is 0 Å². The number of carboxylic acid groups (broad SMARTS) is 1. The van der Waals surface area contributed by atoms with Gasteiger partial charge in [-0.3, -0.25) is 4.90 Å². The van der Waals surface area contributed by atoms with Gasteiger partial charge in [-0.15, -0.1) is 0 Å². The van der Waals surface area contributed by atoms with E-state index in [0.717, 1.165) is 0 Å². The van der Waals surface area contributed by atoms with E-state index < -0.39 is 5.97 Å². The number of hydrogen-bond donors (Lipinski definition) is 3. The second kappa shape index (κ2) is 6.21. The number of nitrogens with zero attached hydrogens (tertiary/aromatic N) is 2. The largest absolute Gasteiger partial charge is 0.476 e. The zero-order valence-corrected chi connectivity index (χ0v) is 8.67. The van der Waals surface area contributed by atoms with Crippen LogP contribution in [0.15, 0.2) is 10.6 Å². The first-order chi connectivity index (χ1) is 7.67. The molecule has 0 saturated heterocycles. The third kappa shape index (κ3) is 3.61. The van der Waals surface area contributed by atoms with Crippen molar-refractivity contribution in [2.75, 3.05) is 26.3 Å². The summed E-state index contributed by atoms with van der Waals surface area (Å²) in [7, 11) is 0. The van der Waals surface area contributed by atoms with Crippen LogP contribution in [0.3, 0.4) is 0 Å². The molecule has 0 bridgehead atoms. The van der Waals surface area contributed by atoms with Crippen LogP contribution in [-0.2, 0) is 6.54 Å². The van der Waals surface area contributed by atoms with E-state index in [1.165, 1.54) is 6.07 Å². The van der Waals surface area contributed by atoms with E-state index in [4.69, 9.17) is 19.8 Å². The highest BCUT2D eigenvalue weighted by atomic mass is 16.5. The molecule has 1 rings (SSSR count). The monoisotopic (exact) mass is 230 g/mol. The van der Waals surface area contributed by atoms with Crippen molar-refractivity contribution in [3.05, 3.63) is 17.5 Å². The summed E-state index contributed by atoms with van der Waals surface area (Å²) in [6.07, 6.45) is 0. The summed E-state index contributed by atoms with van der Waals surface area (Å²) in [5, 5.41) is 29.5. The summed E-state index contributed by atoms with van der Waals surface area (Å²) in [5.74, 6) is -0.759. The van der Waals surface area contributed by atoms with Gasteiger partial charge < -0.3 is 19.8 Å². The van der Waals surface area contributed by atoms with Gasteiger partial charge in [0.2, 0.25) is 0 Å². The maximum absolute atomic E-state index is 10.5. The average molecular weight is 230 g/mol. The van der Waals surface area contributed by atoms with Crippen LogP contribution < -0.4 is 0 Å². The molecule has 0 aliphatic carbocycles. The summed E-state index contributed by atoms with van der Waals surface area (Å²) in [6.45, 7) is 0.981. The summed E-state index contributed by atoms with van der Waals surface area (Å²) in [6, 6.07) is 1.32. The molecule has 0 aromatic carbocycles. The number of hydrogen-bond acceptors (Lipinski definition) is 6. The van der Waals surface area contributed by atoms with Gasteiger partial charge in [0.05, 0.1) is 19.8 Å². The Morgan fingerprint density at radius 2 is 2.00 bits per heavy atom. The van der Waals surface area contributed by atoms with E-state index in [1.807, 2.05) is 0 Å². The molecule has 90 valence electrons. The number of carboxylic acids is 1. The number of aromatic carboxylic acids is 1. The Bertz CT molecular complexity index is 332. The summed E-state index contributed by atoms with van der Waals surface area (Å²) in [5.41, 5.74) is -0.150. The Labute approximate surface area is 91.9 Å². The first kappa shape index (κ1) is 12.6. The standard InChI is InChI=1S/C9H14N2O5/c12-3-1-11(2-4-13)6-7-5-8(9(14)15)10-16-7/h5,12-13H,1-4,6H2,(H,14,15). The van der Waals surface area contributed by atoms with Gasteiger partial charge in [0.1, 0.15) is 0 Å². The topological polar surface area (TPSA) is 107 Å². The van der Waals surface area contributed by atoms with Crippen molar-refractivity contribution in [3.63, 3.8) is 0 Å². The molecule has 7 heteroatoms. The minimum absolute atomic E-state index is 0.0417. The number of aliphatic hydroxyl groups is 2. The van der Waals surface area contributed by atoms with Gasteiger partial charge in [-0.25, -0.2) is 4.79 Å². The van der Waals surface area contributed by atoms with E-state index in [-0.39, 0.29) is 18.9 Å². The summed E-state index contributed by atoms with van der Waals surface area (Å²) < 4.78 is 4.81. The van der Waals surface area contributed by atoms with Crippen LogP contribution in [0.1, 0.15) is 16.2 Å². The number of aliphatic hydroxyl groups excluding tert-OH is 2. The Kier molecular flexibility index (Phi) is 4.90. The smallest absolute Gasteiger partial charge is 0.358 e. The van der Waals surface area contributed by atoms with Crippen LogP contribution >= 0.6 is 0 Å². The molecule has 0 aliphatic heterocycles. The van der Waals surface area contributed by atoms with Crippen molar-refractivity contribution in [1.82, 2.24) is 10.1 Å². The molecule has 1 aromatic heterocycles. The minimum Gasteiger partial charge on any atom is -0.476 e. The third-order valence-electron chi connectivity index (χ3n) is 1.99.